The van der Waals surface area contributed by atoms with Gasteiger partial charge in [0.05, 0.1) is 0 Å². The average Bonchev–Trinajstić information content (AvgIpc) is 2.22. The summed E-state index contributed by atoms with van der Waals surface area (Å²) in [5, 5.41) is 0. The van der Waals surface area contributed by atoms with Gasteiger partial charge in [0.2, 0.25) is 0 Å². The number of unbranched alkanes of at least 4 members (excludes halogenated alkanes) is 2. The molecule has 0 bridgehead atoms. The first-order valence-electron chi connectivity index (χ1n) is 8.22. The summed E-state index contributed by atoms with van der Waals surface area (Å²) in [6.07, 6.45) is 11.0. The van der Waals surface area contributed by atoms with Crippen molar-refractivity contribution in [1.82, 2.24) is 0 Å². The quantitative estimate of drug-likeness (QED) is 0.400. The Morgan fingerprint density at radius 1 is 0.722 bits per heavy atom. The van der Waals surface area contributed by atoms with Crippen LogP contribution >= 0.6 is 0 Å². The summed E-state index contributed by atoms with van der Waals surface area (Å²) >= 11 is 0. The van der Waals surface area contributed by atoms with E-state index in [2.05, 4.69) is 48.5 Å². The van der Waals surface area contributed by atoms with E-state index < -0.39 is 0 Å². The fourth-order valence-electron chi connectivity index (χ4n) is 3.47. The summed E-state index contributed by atoms with van der Waals surface area (Å²) in [5.74, 6) is 0.865. The van der Waals surface area contributed by atoms with Gasteiger partial charge >= 0.3 is 0 Å². The first-order chi connectivity index (χ1) is 8.22. The number of hydrogen-bond acceptors (Lipinski definition) is 0. The largest absolute Gasteiger partial charge is 0.0654 e. The van der Waals surface area contributed by atoms with E-state index in [4.69, 9.17) is 0 Å². The van der Waals surface area contributed by atoms with E-state index in [1.807, 2.05) is 0 Å². The second-order valence-electron chi connectivity index (χ2n) is 8.05. The summed E-state index contributed by atoms with van der Waals surface area (Å²) < 4.78 is 0. The molecule has 0 heterocycles. The fraction of sp³-hybridized carbons (Fsp3) is 1.00. The van der Waals surface area contributed by atoms with Gasteiger partial charge < -0.3 is 0 Å². The van der Waals surface area contributed by atoms with Crippen molar-refractivity contribution in [2.75, 3.05) is 0 Å². The maximum absolute atomic E-state index is 2.46. The molecule has 0 heteroatoms. The first kappa shape index (κ1) is 18.0. The van der Waals surface area contributed by atoms with Crippen LogP contribution in [0.4, 0.5) is 0 Å². The molecule has 0 aromatic rings. The molecule has 0 aliphatic heterocycles. The van der Waals surface area contributed by atoms with E-state index in [1.165, 1.54) is 51.4 Å². The maximum atomic E-state index is 2.46. The van der Waals surface area contributed by atoms with Crippen molar-refractivity contribution < 1.29 is 0 Å². The zero-order valence-corrected chi connectivity index (χ0v) is 14.2. The molecule has 0 N–H and O–H groups in total. The molecule has 0 rings (SSSR count). The third kappa shape index (κ3) is 9.00. The molecule has 0 nitrogen and oxygen atoms in total. The minimum absolute atomic E-state index is 0.538. The van der Waals surface area contributed by atoms with Crippen molar-refractivity contribution >= 4 is 0 Å². The van der Waals surface area contributed by atoms with Crippen LogP contribution in [-0.2, 0) is 0 Å². The Bertz CT molecular complexity index is 178. The van der Waals surface area contributed by atoms with Gasteiger partial charge in [-0.25, -0.2) is 0 Å². The molecule has 0 spiro atoms. The minimum Gasteiger partial charge on any atom is -0.0654 e. The van der Waals surface area contributed by atoms with Gasteiger partial charge in [-0.15, -0.1) is 0 Å². The SMILES string of the molecule is CCCCC(C)(C)CC(C)CC(C)(C)CCCC. The second-order valence-corrected chi connectivity index (χ2v) is 8.05. The summed E-state index contributed by atoms with van der Waals surface area (Å²) in [6.45, 7) is 16.9. The van der Waals surface area contributed by atoms with Gasteiger partial charge in [-0.3, -0.25) is 0 Å². The molecule has 0 aromatic heterocycles. The van der Waals surface area contributed by atoms with Crippen LogP contribution in [0, 0.1) is 16.7 Å². The molecule has 0 amide bonds. The van der Waals surface area contributed by atoms with Gasteiger partial charge in [0.15, 0.2) is 0 Å². The number of rotatable bonds is 10. The zero-order chi connectivity index (χ0) is 14.2. The molecule has 0 radical (unpaired) electrons. The maximum Gasteiger partial charge on any atom is -0.0352 e. The Balaban J connectivity index is 4.11. The van der Waals surface area contributed by atoms with Crippen molar-refractivity contribution in [2.24, 2.45) is 16.7 Å². The Morgan fingerprint density at radius 2 is 1.06 bits per heavy atom. The highest BCUT2D eigenvalue weighted by atomic mass is 14.3. The van der Waals surface area contributed by atoms with Crippen molar-refractivity contribution in [2.45, 2.75) is 99.8 Å². The van der Waals surface area contributed by atoms with E-state index >= 15 is 0 Å². The van der Waals surface area contributed by atoms with Gasteiger partial charge in [0.1, 0.15) is 0 Å². The number of hydrogen-bond donors (Lipinski definition) is 0. The second kappa shape index (κ2) is 8.23. The summed E-state index contributed by atoms with van der Waals surface area (Å²) in [5.41, 5.74) is 1.08. The molecule has 110 valence electrons. The Kier molecular flexibility index (Phi) is 8.23. The fourth-order valence-corrected chi connectivity index (χ4v) is 3.47. The smallest absolute Gasteiger partial charge is 0.0352 e. The van der Waals surface area contributed by atoms with E-state index in [0.717, 1.165) is 5.92 Å². The highest BCUT2D eigenvalue weighted by molar-refractivity contribution is 4.77. The highest BCUT2D eigenvalue weighted by Gasteiger charge is 2.25. The van der Waals surface area contributed by atoms with Crippen LogP contribution in [0.3, 0.4) is 0 Å². The van der Waals surface area contributed by atoms with E-state index in [1.54, 1.807) is 0 Å². The molecule has 0 atom stereocenters. The van der Waals surface area contributed by atoms with Crippen LogP contribution < -0.4 is 0 Å². The Labute approximate surface area is 117 Å². The summed E-state index contributed by atoms with van der Waals surface area (Å²) in [4.78, 5) is 0. The van der Waals surface area contributed by atoms with Crippen LogP contribution in [0.2, 0.25) is 0 Å². The zero-order valence-electron chi connectivity index (χ0n) is 14.2. The molecule has 18 heavy (non-hydrogen) atoms. The van der Waals surface area contributed by atoms with Crippen LogP contribution in [0.25, 0.3) is 0 Å². The summed E-state index contributed by atoms with van der Waals surface area (Å²) in [6, 6.07) is 0. The van der Waals surface area contributed by atoms with Gasteiger partial charge in [0, 0.05) is 0 Å². The molecule has 0 aliphatic carbocycles. The lowest BCUT2D eigenvalue weighted by molar-refractivity contribution is 0.185. The van der Waals surface area contributed by atoms with Crippen LogP contribution in [0.15, 0.2) is 0 Å². The highest BCUT2D eigenvalue weighted by Crippen LogP contribution is 2.38. The standard InChI is InChI=1S/C18H38/c1-8-10-12-17(4,5)14-16(3)15-18(6,7)13-11-9-2/h16H,8-15H2,1-7H3. The van der Waals surface area contributed by atoms with Crippen LogP contribution in [0.5, 0.6) is 0 Å². The molecule has 0 fully saturated rings. The monoisotopic (exact) mass is 254 g/mol. The third-order valence-corrected chi connectivity index (χ3v) is 4.22. The van der Waals surface area contributed by atoms with Gasteiger partial charge in [-0.2, -0.15) is 0 Å². The molecule has 0 aromatic carbocycles. The lowest BCUT2D eigenvalue weighted by atomic mass is 9.73. The molecular weight excluding hydrogens is 216 g/mol. The topological polar surface area (TPSA) is 0 Å². The van der Waals surface area contributed by atoms with Crippen LogP contribution in [-0.4, -0.2) is 0 Å². The van der Waals surface area contributed by atoms with E-state index in [0.29, 0.717) is 10.8 Å². The minimum atomic E-state index is 0.538. The van der Waals surface area contributed by atoms with Crippen LogP contribution in [0.1, 0.15) is 99.8 Å². The lowest BCUT2D eigenvalue weighted by Gasteiger charge is -2.33. The van der Waals surface area contributed by atoms with Gasteiger partial charge in [-0.1, -0.05) is 74.1 Å². The summed E-state index contributed by atoms with van der Waals surface area (Å²) in [7, 11) is 0. The molecule has 0 saturated heterocycles. The van der Waals surface area contributed by atoms with E-state index in [-0.39, 0.29) is 0 Å². The Hall–Kier alpha value is 0. The van der Waals surface area contributed by atoms with Crippen molar-refractivity contribution in [3.8, 4) is 0 Å². The van der Waals surface area contributed by atoms with Crippen molar-refractivity contribution in [3.05, 3.63) is 0 Å². The van der Waals surface area contributed by atoms with Gasteiger partial charge in [-0.05, 0) is 42.4 Å². The van der Waals surface area contributed by atoms with E-state index in [9.17, 15) is 0 Å². The average molecular weight is 255 g/mol. The predicted molar refractivity (Wildman–Crippen MR) is 85.0 cm³/mol. The van der Waals surface area contributed by atoms with Crippen molar-refractivity contribution in [1.29, 1.82) is 0 Å². The molecule has 0 aliphatic rings. The van der Waals surface area contributed by atoms with Gasteiger partial charge in [0.25, 0.3) is 0 Å². The molecule has 0 unspecified atom stereocenters. The molecule has 0 saturated carbocycles. The first-order valence-corrected chi connectivity index (χ1v) is 8.22. The predicted octanol–water partition coefficient (Wildman–Crippen LogP) is 6.84. The molecular formula is C18H38. The Morgan fingerprint density at radius 3 is 1.33 bits per heavy atom. The van der Waals surface area contributed by atoms with Crippen molar-refractivity contribution in [3.63, 3.8) is 0 Å². The lowest BCUT2D eigenvalue weighted by Crippen LogP contribution is -2.21. The third-order valence-electron chi connectivity index (χ3n) is 4.22. The normalized spacial score (nSPS) is 13.3.